The average Bonchev–Trinajstić information content (AvgIpc) is 2.18. The van der Waals surface area contributed by atoms with Gasteiger partial charge in [-0.25, -0.2) is 0 Å². The molecule has 3 N–H and O–H groups in total. The van der Waals surface area contributed by atoms with Crippen LogP contribution in [0.1, 0.15) is 10.4 Å². The van der Waals surface area contributed by atoms with Gasteiger partial charge < -0.3 is 15.5 Å². The van der Waals surface area contributed by atoms with Crippen LogP contribution >= 0.6 is 11.6 Å². The molecule has 0 radical (unpaired) electrons. The highest BCUT2D eigenvalue weighted by Gasteiger charge is 2.06. The van der Waals surface area contributed by atoms with Crippen molar-refractivity contribution in [3.8, 4) is 5.75 Å². The monoisotopic (exact) mass is 215 g/mol. The molecule has 0 fully saturated rings. The molecule has 0 saturated heterocycles. The van der Waals surface area contributed by atoms with Crippen LogP contribution in [0.3, 0.4) is 0 Å². The number of hydrogen-bond acceptors (Lipinski definition) is 3. The maximum atomic E-state index is 11.3. The van der Waals surface area contributed by atoms with E-state index in [0.717, 1.165) is 0 Å². The van der Waals surface area contributed by atoms with Crippen LogP contribution in [0.15, 0.2) is 18.2 Å². The molecule has 0 bridgehead atoms. The fraction of sp³-hybridized carbons (Fsp3) is 0.222. The zero-order chi connectivity index (χ0) is 10.6. The summed E-state index contributed by atoms with van der Waals surface area (Å²) >= 11 is 5.61. The van der Waals surface area contributed by atoms with Gasteiger partial charge in [-0.3, -0.25) is 4.79 Å². The first-order valence-corrected chi connectivity index (χ1v) is 4.40. The molecule has 0 heterocycles. The topological polar surface area (TPSA) is 69.6 Å². The zero-order valence-corrected chi connectivity index (χ0v) is 8.08. The maximum Gasteiger partial charge on any atom is 0.251 e. The number of carbonyl (C=O) groups excluding carboxylic acids is 1. The number of phenols is 1. The highest BCUT2D eigenvalue weighted by atomic mass is 35.5. The number of carbonyl (C=O) groups is 1. The number of phenolic OH excluding ortho intramolecular Hbond substituents is 1. The highest BCUT2D eigenvalue weighted by molar-refractivity contribution is 6.32. The fourth-order valence-corrected chi connectivity index (χ4v) is 1.10. The van der Waals surface area contributed by atoms with Crippen LogP contribution < -0.4 is 5.32 Å². The molecule has 1 rings (SSSR count). The van der Waals surface area contributed by atoms with Crippen molar-refractivity contribution in [3.63, 3.8) is 0 Å². The number of amides is 1. The van der Waals surface area contributed by atoms with Crippen LogP contribution in [0.4, 0.5) is 0 Å². The molecule has 1 aromatic carbocycles. The van der Waals surface area contributed by atoms with E-state index in [0.29, 0.717) is 5.56 Å². The molecule has 14 heavy (non-hydrogen) atoms. The average molecular weight is 216 g/mol. The number of nitrogens with one attached hydrogen (secondary N) is 1. The second-order valence-corrected chi connectivity index (χ2v) is 3.05. The second kappa shape index (κ2) is 4.83. The van der Waals surface area contributed by atoms with Gasteiger partial charge >= 0.3 is 0 Å². The zero-order valence-electron chi connectivity index (χ0n) is 7.33. The van der Waals surface area contributed by atoms with Crippen LogP contribution in [0.25, 0.3) is 0 Å². The number of halogens is 1. The predicted molar refractivity (Wildman–Crippen MR) is 52.5 cm³/mol. The molecular weight excluding hydrogens is 206 g/mol. The summed E-state index contributed by atoms with van der Waals surface area (Å²) in [6, 6.07) is 4.16. The third-order valence-corrected chi connectivity index (χ3v) is 1.91. The summed E-state index contributed by atoms with van der Waals surface area (Å²) in [7, 11) is 0. The number of aliphatic hydroxyl groups is 1. The van der Waals surface area contributed by atoms with Gasteiger partial charge in [-0.05, 0) is 18.2 Å². The molecule has 76 valence electrons. The van der Waals surface area contributed by atoms with Gasteiger partial charge in [-0.1, -0.05) is 11.6 Å². The number of benzene rings is 1. The van der Waals surface area contributed by atoms with Gasteiger partial charge in [0.1, 0.15) is 5.75 Å². The molecule has 0 atom stereocenters. The lowest BCUT2D eigenvalue weighted by atomic mass is 10.2. The normalized spacial score (nSPS) is 9.86. The Labute approximate surface area is 86.1 Å². The van der Waals surface area contributed by atoms with E-state index in [9.17, 15) is 4.79 Å². The van der Waals surface area contributed by atoms with E-state index >= 15 is 0 Å². The van der Waals surface area contributed by atoms with E-state index in [1.807, 2.05) is 0 Å². The van der Waals surface area contributed by atoms with E-state index in [-0.39, 0.29) is 29.8 Å². The highest BCUT2D eigenvalue weighted by Crippen LogP contribution is 2.23. The number of hydrogen-bond donors (Lipinski definition) is 3. The van der Waals surface area contributed by atoms with Crippen molar-refractivity contribution >= 4 is 17.5 Å². The number of rotatable bonds is 3. The molecule has 0 unspecified atom stereocenters. The molecule has 0 saturated carbocycles. The van der Waals surface area contributed by atoms with Crippen molar-refractivity contribution in [2.75, 3.05) is 13.2 Å². The molecular formula is C9H10ClNO3. The summed E-state index contributed by atoms with van der Waals surface area (Å²) in [4.78, 5) is 11.3. The van der Waals surface area contributed by atoms with Gasteiger partial charge in [-0.15, -0.1) is 0 Å². The van der Waals surface area contributed by atoms with Gasteiger partial charge in [0.25, 0.3) is 5.91 Å². The molecule has 0 aliphatic heterocycles. The molecule has 0 spiro atoms. The first-order valence-electron chi connectivity index (χ1n) is 4.02. The molecule has 5 heteroatoms. The van der Waals surface area contributed by atoms with E-state index in [1.54, 1.807) is 0 Å². The minimum Gasteiger partial charge on any atom is -0.506 e. The van der Waals surface area contributed by atoms with Crippen LogP contribution in [-0.4, -0.2) is 29.3 Å². The molecule has 4 nitrogen and oxygen atoms in total. The van der Waals surface area contributed by atoms with Crippen LogP contribution in [0.5, 0.6) is 5.75 Å². The summed E-state index contributed by atoms with van der Waals surface area (Å²) in [5.41, 5.74) is 0.348. The lowest BCUT2D eigenvalue weighted by Crippen LogP contribution is -2.26. The third-order valence-electron chi connectivity index (χ3n) is 1.61. The third kappa shape index (κ3) is 2.61. The summed E-state index contributed by atoms with van der Waals surface area (Å²) in [6.45, 7) is 0.0783. The Morgan fingerprint density at radius 1 is 1.50 bits per heavy atom. The Kier molecular flexibility index (Phi) is 3.73. The molecule has 0 aliphatic carbocycles. The number of aliphatic hydroxyl groups excluding tert-OH is 1. The van der Waals surface area contributed by atoms with Crippen molar-refractivity contribution in [3.05, 3.63) is 28.8 Å². The first-order chi connectivity index (χ1) is 6.65. The Morgan fingerprint density at radius 2 is 2.21 bits per heavy atom. The Bertz CT molecular complexity index is 341. The maximum absolute atomic E-state index is 11.3. The Morgan fingerprint density at radius 3 is 2.79 bits per heavy atom. The lowest BCUT2D eigenvalue weighted by molar-refractivity contribution is 0.0945. The molecule has 0 aliphatic rings. The van der Waals surface area contributed by atoms with Crippen LogP contribution in [0.2, 0.25) is 5.02 Å². The van der Waals surface area contributed by atoms with E-state index in [4.69, 9.17) is 21.8 Å². The van der Waals surface area contributed by atoms with Crippen molar-refractivity contribution in [1.29, 1.82) is 0 Å². The van der Waals surface area contributed by atoms with Crippen molar-refractivity contribution in [2.45, 2.75) is 0 Å². The predicted octanol–water partition coefficient (Wildman–Crippen LogP) is 0.768. The van der Waals surface area contributed by atoms with Crippen molar-refractivity contribution < 1.29 is 15.0 Å². The van der Waals surface area contributed by atoms with Gasteiger partial charge in [0.15, 0.2) is 0 Å². The minimum atomic E-state index is -0.332. The first kappa shape index (κ1) is 10.8. The van der Waals surface area contributed by atoms with Crippen LogP contribution in [-0.2, 0) is 0 Å². The summed E-state index contributed by atoms with van der Waals surface area (Å²) in [5.74, 6) is -0.397. The van der Waals surface area contributed by atoms with Crippen molar-refractivity contribution in [1.82, 2.24) is 5.32 Å². The van der Waals surface area contributed by atoms with Crippen molar-refractivity contribution in [2.24, 2.45) is 0 Å². The van der Waals surface area contributed by atoms with E-state index in [2.05, 4.69) is 5.32 Å². The summed E-state index contributed by atoms with van der Waals surface area (Å²) in [6.07, 6.45) is 0. The summed E-state index contributed by atoms with van der Waals surface area (Å²) < 4.78 is 0. The molecule has 1 aromatic rings. The second-order valence-electron chi connectivity index (χ2n) is 2.65. The fourth-order valence-electron chi connectivity index (χ4n) is 0.920. The van der Waals surface area contributed by atoms with Gasteiger partial charge in [-0.2, -0.15) is 0 Å². The number of aromatic hydroxyl groups is 1. The van der Waals surface area contributed by atoms with Gasteiger partial charge in [0, 0.05) is 12.1 Å². The van der Waals surface area contributed by atoms with E-state index < -0.39 is 0 Å². The Balaban J connectivity index is 2.76. The van der Waals surface area contributed by atoms with Gasteiger partial charge in [0.05, 0.1) is 11.6 Å². The lowest BCUT2D eigenvalue weighted by Gasteiger charge is -2.03. The summed E-state index contributed by atoms with van der Waals surface area (Å²) in [5, 5.41) is 20.2. The van der Waals surface area contributed by atoms with E-state index in [1.165, 1.54) is 18.2 Å². The minimum absolute atomic E-state index is 0.0645. The standard InChI is InChI=1S/C9H10ClNO3/c10-7-5-6(1-2-8(7)13)9(14)11-3-4-12/h1-2,5,12-13H,3-4H2,(H,11,14). The van der Waals surface area contributed by atoms with Crippen LogP contribution in [0, 0.1) is 0 Å². The largest absolute Gasteiger partial charge is 0.506 e. The Hall–Kier alpha value is -1.26. The smallest absolute Gasteiger partial charge is 0.251 e. The SMILES string of the molecule is O=C(NCCO)c1ccc(O)c(Cl)c1. The van der Waals surface area contributed by atoms with Gasteiger partial charge in [0.2, 0.25) is 0 Å². The quantitative estimate of drug-likeness (QED) is 0.698. The molecule has 1 amide bonds. The molecule has 0 aromatic heterocycles.